The van der Waals surface area contributed by atoms with E-state index in [1.165, 1.54) is 6.07 Å². The highest BCUT2D eigenvalue weighted by Gasteiger charge is 2.20. The molecule has 4 rings (SSSR count). The largest absolute Gasteiger partial charge is 0.344 e. The number of aromatic nitrogens is 1. The molecule has 0 aliphatic carbocycles. The van der Waals surface area contributed by atoms with Gasteiger partial charge in [0, 0.05) is 29.3 Å². The Bertz CT molecular complexity index is 1120. The van der Waals surface area contributed by atoms with Gasteiger partial charge in [-0.05, 0) is 23.3 Å². The quantitative estimate of drug-likeness (QED) is 0.290. The van der Waals surface area contributed by atoms with E-state index in [9.17, 15) is 9.18 Å². The molecule has 0 saturated heterocycles. The Labute approximate surface area is 158 Å². The van der Waals surface area contributed by atoms with Crippen LogP contribution in [0.5, 0.6) is 0 Å². The van der Waals surface area contributed by atoms with Crippen LogP contribution in [-0.2, 0) is 6.54 Å². The van der Waals surface area contributed by atoms with Crippen molar-refractivity contribution >= 4 is 27.5 Å². The number of carbonyl (C=O) groups is 1. The Morgan fingerprint density at radius 3 is 2.48 bits per heavy atom. The van der Waals surface area contributed by atoms with Crippen molar-refractivity contribution in [3.8, 4) is 0 Å². The molecule has 0 radical (unpaired) electrons. The van der Waals surface area contributed by atoms with Crippen LogP contribution < -0.4 is 0 Å². The topological polar surface area (TPSA) is 22.0 Å². The Morgan fingerprint density at radius 1 is 0.889 bits per heavy atom. The van der Waals surface area contributed by atoms with Crippen LogP contribution in [0.1, 0.15) is 42.1 Å². The number of hydrogen-bond acceptors (Lipinski definition) is 1. The first-order valence-corrected chi connectivity index (χ1v) is 9.50. The molecule has 2 nitrogen and oxygen atoms in total. The standard InChI is InChI=1S/C24H22FNO/c1-2-3-6-15-26-16-21(19-12-8-14-22(25)23(19)26)24(27)20-13-7-10-17-9-4-5-11-18(17)20/h4-5,7-14,16H,2-3,6,15H2,1H3. The van der Waals surface area contributed by atoms with Crippen molar-refractivity contribution < 1.29 is 9.18 Å². The minimum atomic E-state index is -0.277. The summed E-state index contributed by atoms with van der Waals surface area (Å²) in [5.74, 6) is -0.336. The molecule has 27 heavy (non-hydrogen) atoms. The van der Waals surface area contributed by atoms with E-state index >= 15 is 0 Å². The molecular formula is C24H22FNO. The third-order valence-electron chi connectivity index (χ3n) is 5.13. The number of halogens is 1. The monoisotopic (exact) mass is 359 g/mol. The summed E-state index contributed by atoms with van der Waals surface area (Å²) in [6.07, 6.45) is 4.98. The summed E-state index contributed by atoms with van der Waals surface area (Å²) in [4.78, 5) is 13.4. The molecule has 0 aliphatic heterocycles. The maximum Gasteiger partial charge on any atom is 0.195 e. The fraction of sp³-hybridized carbons (Fsp3) is 0.208. The van der Waals surface area contributed by atoms with E-state index in [0.717, 1.165) is 30.0 Å². The van der Waals surface area contributed by atoms with Gasteiger partial charge in [0.15, 0.2) is 5.78 Å². The molecule has 0 saturated carbocycles. The summed E-state index contributed by atoms with van der Waals surface area (Å²) in [6.45, 7) is 2.86. The molecule has 0 N–H and O–H groups in total. The van der Waals surface area contributed by atoms with Gasteiger partial charge in [-0.1, -0.05) is 74.4 Å². The molecular weight excluding hydrogens is 337 g/mol. The molecule has 0 unspecified atom stereocenters. The van der Waals surface area contributed by atoms with Crippen molar-refractivity contribution in [2.45, 2.75) is 32.7 Å². The smallest absolute Gasteiger partial charge is 0.195 e. The van der Waals surface area contributed by atoms with Crippen molar-refractivity contribution in [3.63, 3.8) is 0 Å². The number of nitrogens with zero attached hydrogens (tertiary/aromatic N) is 1. The molecule has 3 heteroatoms. The maximum atomic E-state index is 14.6. The van der Waals surface area contributed by atoms with E-state index in [2.05, 4.69) is 6.92 Å². The second-order valence-corrected chi connectivity index (χ2v) is 6.94. The lowest BCUT2D eigenvalue weighted by molar-refractivity contribution is 0.104. The van der Waals surface area contributed by atoms with Gasteiger partial charge in [-0.2, -0.15) is 0 Å². The summed E-state index contributed by atoms with van der Waals surface area (Å²) in [6, 6.07) is 18.6. The number of ketones is 1. The number of carbonyl (C=O) groups excluding carboxylic acids is 1. The minimum absolute atomic E-state index is 0.0587. The third-order valence-corrected chi connectivity index (χ3v) is 5.13. The van der Waals surface area contributed by atoms with Gasteiger partial charge < -0.3 is 4.57 Å². The number of para-hydroxylation sites is 1. The fourth-order valence-electron chi connectivity index (χ4n) is 3.77. The summed E-state index contributed by atoms with van der Waals surface area (Å²) in [7, 11) is 0. The Hall–Kier alpha value is -2.94. The third kappa shape index (κ3) is 3.14. The molecule has 0 amide bonds. The maximum absolute atomic E-state index is 14.6. The Morgan fingerprint density at radius 2 is 1.63 bits per heavy atom. The SMILES string of the molecule is CCCCCn1cc(C(=O)c2cccc3ccccc23)c2cccc(F)c21. The van der Waals surface area contributed by atoms with Crippen molar-refractivity contribution in [2.75, 3.05) is 0 Å². The van der Waals surface area contributed by atoms with E-state index in [-0.39, 0.29) is 11.6 Å². The van der Waals surface area contributed by atoms with Gasteiger partial charge in [-0.15, -0.1) is 0 Å². The first kappa shape index (κ1) is 17.5. The van der Waals surface area contributed by atoms with Crippen LogP contribution in [-0.4, -0.2) is 10.4 Å². The van der Waals surface area contributed by atoms with Crippen molar-refractivity contribution in [2.24, 2.45) is 0 Å². The first-order valence-electron chi connectivity index (χ1n) is 9.50. The van der Waals surface area contributed by atoms with Gasteiger partial charge in [0.1, 0.15) is 5.82 Å². The van der Waals surface area contributed by atoms with E-state index in [1.54, 1.807) is 6.07 Å². The molecule has 4 aromatic rings. The highest BCUT2D eigenvalue weighted by Crippen LogP contribution is 2.29. The number of benzene rings is 3. The van der Waals surface area contributed by atoms with Crippen LogP contribution in [0, 0.1) is 5.82 Å². The summed E-state index contributed by atoms with van der Waals surface area (Å²) in [5.41, 5.74) is 1.75. The zero-order valence-electron chi connectivity index (χ0n) is 15.4. The minimum Gasteiger partial charge on any atom is -0.344 e. The van der Waals surface area contributed by atoms with Gasteiger partial charge in [0.05, 0.1) is 5.52 Å². The van der Waals surface area contributed by atoms with Crippen LogP contribution in [0.25, 0.3) is 21.7 Å². The summed E-state index contributed by atoms with van der Waals surface area (Å²) in [5, 5.41) is 2.64. The van der Waals surface area contributed by atoms with Crippen LogP contribution in [0.15, 0.2) is 66.9 Å². The van der Waals surface area contributed by atoms with Gasteiger partial charge in [0.25, 0.3) is 0 Å². The summed E-state index contributed by atoms with van der Waals surface area (Å²) < 4.78 is 16.5. The number of unbranched alkanes of at least 4 members (excludes halogenated alkanes) is 2. The average molecular weight is 359 g/mol. The molecule has 1 aromatic heterocycles. The zero-order chi connectivity index (χ0) is 18.8. The average Bonchev–Trinajstić information content (AvgIpc) is 3.07. The van der Waals surface area contributed by atoms with Crippen molar-refractivity contribution in [1.82, 2.24) is 4.57 Å². The lowest BCUT2D eigenvalue weighted by atomic mass is 9.97. The predicted octanol–water partition coefficient (Wildman–Crippen LogP) is 6.35. The number of hydrogen-bond donors (Lipinski definition) is 0. The second kappa shape index (κ2) is 7.36. The lowest BCUT2D eigenvalue weighted by Gasteiger charge is -2.05. The molecule has 0 aliphatic rings. The Kier molecular flexibility index (Phi) is 4.76. The van der Waals surface area contributed by atoms with Crippen LogP contribution in [0.3, 0.4) is 0 Å². The fourth-order valence-corrected chi connectivity index (χ4v) is 3.77. The number of rotatable bonds is 6. The van der Waals surface area contributed by atoms with Crippen molar-refractivity contribution in [1.29, 1.82) is 0 Å². The normalized spacial score (nSPS) is 11.3. The van der Waals surface area contributed by atoms with E-state index in [1.807, 2.05) is 59.3 Å². The van der Waals surface area contributed by atoms with E-state index in [4.69, 9.17) is 0 Å². The first-order chi connectivity index (χ1) is 13.2. The molecule has 0 spiro atoms. The molecule has 0 bridgehead atoms. The summed E-state index contributed by atoms with van der Waals surface area (Å²) >= 11 is 0. The predicted molar refractivity (Wildman–Crippen MR) is 109 cm³/mol. The zero-order valence-corrected chi connectivity index (χ0v) is 15.4. The Balaban J connectivity index is 1.85. The van der Waals surface area contributed by atoms with Gasteiger partial charge in [0.2, 0.25) is 0 Å². The van der Waals surface area contributed by atoms with Gasteiger partial charge in [-0.25, -0.2) is 4.39 Å². The van der Waals surface area contributed by atoms with E-state index in [0.29, 0.717) is 28.6 Å². The molecule has 3 aromatic carbocycles. The van der Waals surface area contributed by atoms with Crippen LogP contribution in [0.4, 0.5) is 4.39 Å². The number of aryl methyl sites for hydroxylation is 1. The van der Waals surface area contributed by atoms with Crippen LogP contribution in [0.2, 0.25) is 0 Å². The molecule has 0 atom stereocenters. The van der Waals surface area contributed by atoms with Crippen molar-refractivity contribution in [3.05, 3.63) is 83.8 Å². The lowest BCUT2D eigenvalue weighted by Crippen LogP contribution is -2.02. The molecule has 0 fully saturated rings. The highest BCUT2D eigenvalue weighted by atomic mass is 19.1. The van der Waals surface area contributed by atoms with Gasteiger partial charge in [-0.3, -0.25) is 4.79 Å². The van der Waals surface area contributed by atoms with E-state index < -0.39 is 0 Å². The second-order valence-electron chi connectivity index (χ2n) is 6.94. The highest BCUT2D eigenvalue weighted by molar-refractivity contribution is 6.21. The molecule has 136 valence electrons. The van der Waals surface area contributed by atoms with Crippen LogP contribution >= 0.6 is 0 Å². The number of fused-ring (bicyclic) bond motifs is 2. The van der Waals surface area contributed by atoms with Gasteiger partial charge >= 0.3 is 0 Å². The molecule has 1 heterocycles.